The van der Waals surface area contributed by atoms with E-state index in [1.165, 1.54) is 0 Å². The molecule has 1 aromatic rings. The fourth-order valence-electron chi connectivity index (χ4n) is 1.30. The minimum absolute atomic E-state index is 0.0634. The average Bonchev–Trinajstić information content (AvgIpc) is 2.29. The lowest BCUT2D eigenvalue weighted by Crippen LogP contribution is -2.31. The summed E-state index contributed by atoms with van der Waals surface area (Å²) >= 11 is 0. The highest BCUT2D eigenvalue weighted by atomic mass is 32.2. The monoisotopic (exact) mass is 257 g/mol. The van der Waals surface area contributed by atoms with Gasteiger partial charge in [-0.3, -0.25) is 0 Å². The molecular formula is C12H19NO3S. The van der Waals surface area contributed by atoms with Crippen LogP contribution in [0.25, 0.3) is 0 Å². The third kappa shape index (κ3) is 4.02. The van der Waals surface area contributed by atoms with Gasteiger partial charge in [-0.1, -0.05) is 6.92 Å². The highest BCUT2D eigenvalue weighted by molar-refractivity contribution is 7.89. The van der Waals surface area contributed by atoms with Gasteiger partial charge in [-0.05, 0) is 44.5 Å². The molecule has 0 bridgehead atoms. The molecule has 0 aromatic heterocycles. The Bertz CT molecular complexity index is 439. The summed E-state index contributed by atoms with van der Waals surface area (Å²) in [6.45, 7) is 6.23. The van der Waals surface area contributed by atoms with E-state index in [1.807, 2.05) is 20.8 Å². The van der Waals surface area contributed by atoms with E-state index in [4.69, 9.17) is 4.74 Å². The summed E-state index contributed by atoms with van der Waals surface area (Å²) in [5.41, 5.74) is 0. The zero-order valence-corrected chi connectivity index (χ0v) is 11.3. The minimum atomic E-state index is -3.41. The van der Waals surface area contributed by atoms with Crippen LogP contribution in [0.2, 0.25) is 0 Å². The van der Waals surface area contributed by atoms with E-state index >= 15 is 0 Å². The van der Waals surface area contributed by atoms with Crippen LogP contribution in [0.1, 0.15) is 27.2 Å². The smallest absolute Gasteiger partial charge is 0.240 e. The molecule has 0 unspecified atom stereocenters. The Kier molecular flexibility index (Phi) is 4.96. The molecule has 0 spiro atoms. The van der Waals surface area contributed by atoms with Crippen molar-refractivity contribution < 1.29 is 13.2 Å². The van der Waals surface area contributed by atoms with Gasteiger partial charge in [0.05, 0.1) is 11.5 Å². The molecule has 0 amide bonds. The van der Waals surface area contributed by atoms with Crippen LogP contribution in [-0.4, -0.2) is 21.1 Å². The average molecular weight is 257 g/mol. The molecule has 0 heterocycles. The number of hydrogen-bond donors (Lipinski definition) is 1. The lowest BCUT2D eigenvalue weighted by Gasteiger charge is -2.12. The second-order valence-electron chi connectivity index (χ2n) is 3.84. The zero-order valence-electron chi connectivity index (χ0n) is 10.4. The molecule has 0 saturated carbocycles. The molecule has 0 aliphatic heterocycles. The van der Waals surface area contributed by atoms with Gasteiger partial charge in [0, 0.05) is 6.04 Å². The normalized spacial score (nSPS) is 13.4. The summed E-state index contributed by atoms with van der Waals surface area (Å²) in [4.78, 5) is 0.265. The van der Waals surface area contributed by atoms with Crippen LogP contribution < -0.4 is 9.46 Å². The van der Waals surface area contributed by atoms with Crippen LogP contribution in [-0.2, 0) is 10.0 Å². The maximum atomic E-state index is 11.9. The largest absolute Gasteiger partial charge is 0.494 e. The number of nitrogens with one attached hydrogen (secondary N) is 1. The minimum Gasteiger partial charge on any atom is -0.494 e. The fraction of sp³-hybridized carbons (Fsp3) is 0.500. The topological polar surface area (TPSA) is 55.4 Å². The van der Waals surface area contributed by atoms with Crippen LogP contribution in [0.4, 0.5) is 0 Å². The van der Waals surface area contributed by atoms with Crippen molar-refractivity contribution in [3.63, 3.8) is 0 Å². The summed E-state index contributed by atoms with van der Waals surface area (Å²) in [6.07, 6.45) is 0.760. The van der Waals surface area contributed by atoms with Gasteiger partial charge in [0.25, 0.3) is 0 Å². The quantitative estimate of drug-likeness (QED) is 0.849. The molecule has 4 nitrogen and oxygen atoms in total. The van der Waals surface area contributed by atoms with Crippen LogP contribution in [0, 0.1) is 0 Å². The number of sulfonamides is 1. The first kappa shape index (κ1) is 14.0. The van der Waals surface area contributed by atoms with E-state index in [9.17, 15) is 8.42 Å². The lowest BCUT2D eigenvalue weighted by molar-refractivity contribution is 0.340. The number of ether oxygens (including phenoxy) is 1. The van der Waals surface area contributed by atoms with Gasteiger partial charge in [-0.2, -0.15) is 0 Å². The van der Waals surface area contributed by atoms with Crippen LogP contribution in [0.3, 0.4) is 0 Å². The Morgan fingerprint density at radius 2 is 1.82 bits per heavy atom. The molecule has 96 valence electrons. The van der Waals surface area contributed by atoms with Crippen LogP contribution >= 0.6 is 0 Å². The van der Waals surface area contributed by atoms with Gasteiger partial charge in [0.2, 0.25) is 10.0 Å². The Hall–Kier alpha value is -1.07. The third-order valence-corrected chi connectivity index (χ3v) is 4.02. The van der Waals surface area contributed by atoms with Crippen LogP contribution in [0.15, 0.2) is 29.2 Å². The second kappa shape index (κ2) is 6.02. The van der Waals surface area contributed by atoms with Crippen molar-refractivity contribution >= 4 is 10.0 Å². The van der Waals surface area contributed by atoms with Crippen molar-refractivity contribution in [2.75, 3.05) is 6.61 Å². The third-order valence-electron chi connectivity index (χ3n) is 2.41. The standard InChI is InChI=1S/C12H19NO3S/c1-4-10(3)13-17(14,15)12-8-6-11(7-9-12)16-5-2/h6-10,13H,4-5H2,1-3H3/t10-/m0/s1. The Morgan fingerprint density at radius 3 is 2.29 bits per heavy atom. The molecule has 0 saturated heterocycles. The highest BCUT2D eigenvalue weighted by Gasteiger charge is 2.16. The van der Waals surface area contributed by atoms with E-state index in [0.717, 1.165) is 6.42 Å². The molecule has 0 aliphatic rings. The molecule has 5 heteroatoms. The predicted octanol–water partition coefficient (Wildman–Crippen LogP) is 2.16. The maximum absolute atomic E-state index is 11.9. The van der Waals surface area contributed by atoms with Gasteiger partial charge in [0.1, 0.15) is 5.75 Å². The van der Waals surface area contributed by atoms with Gasteiger partial charge in [-0.15, -0.1) is 0 Å². The molecule has 1 atom stereocenters. The van der Waals surface area contributed by atoms with Gasteiger partial charge in [0.15, 0.2) is 0 Å². The first-order chi connectivity index (χ1) is 7.99. The van der Waals surface area contributed by atoms with Crippen molar-refractivity contribution in [3.8, 4) is 5.75 Å². The van der Waals surface area contributed by atoms with Crippen molar-refractivity contribution in [3.05, 3.63) is 24.3 Å². The summed E-state index contributed by atoms with van der Waals surface area (Å²) in [5.74, 6) is 0.676. The summed E-state index contributed by atoms with van der Waals surface area (Å²) in [6, 6.07) is 6.36. The van der Waals surface area contributed by atoms with Crippen molar-refractivity contribution in [1.82, 2.24) is 4.72 Å². The molecule has 1 rings (SSSR count). The SMILES string of the molecule is CCOc1ccc(S(=O)(=O)N[C@@H](C)CC)cc1. The highest BCUT2D eigenvalue weighted by Crippen LogP contribution is 2.16. The summed E-state index contributed by atoms with van der Waals surface area (Å²) < 4.78 is 31.7. The Balaban J connectivity index is 2.85. The fourth-order valence-corrected chi connectivity index (χ4v) is 2.62. The van der Waals surface area contributed by atoms with Gasteiger partial charge >= 0.3 is 0 Å². The first-order valence-electron chi connectivity index (χ1n) is 5.74. The predicted molar refractivity (Wildman–Crippen MR) is 67.7 cm³/mol. The number of benzene rings is 1. The Morgan fingerprint density at radius 1 is 1.24 bits per heavy atom. The van der Waals surface area contributed by atoms with Crippen molar-refractivity contribution in [1.29, 1.82) is 0 Å². The molecule has 1 aromatic carbocycles. The lowest BCUT2D eigenvalue weighted by atomic mass is 10.3. The number of hydrogen-bond acceptors (Lipinski definition) is 3. The van der Waals surface area contributed by atoms with E-state index in [-0.39, 0.29) is 10.9 Å². The summed E-state index contributed by atoms with van der Waals surface area (Å²) in [5, 5.41) is 0. The molecule has 0 aliphatic carbocycles. The van der Waals surface area contributed by atoms with Crippen LogP contribution in [0.5, 0.6) is 5.75 Å². The first-order valence-corrected chi connectivity index (χ1v) is 7.23. The zero-order chi connectivity index (χ0) is 12.9. The van der Waals surface area contributed by atoms with Gasteiger partial charge < -0.3 is 4.74 Å². The Labute approximate surface area is 103 Å². The van der Waals surface area contributed by atoms with E-state index in [1.54, 1.807) is 24.3 Å². The van der Waals surface area contributed by atoms with Crippen molar-refractivity contribution in [2.45, 2.75) is 38.1 Å². The number of rotatable bonds is 6. The molecule has 1 N–H and O–H groups in total. The molecule has 0 fully saturated rings. The molecular weight excluding hydrogens is 238 g/mol. The van der Waals surface area contributed by atoms with E-state index < -0.39 is 10.0 Å². The molecule has 0 radical (unpaired) electrons. The summed E-state index contributed by atoms with van der Waals surface area (Å²) in [7, 11) is -3.41. The van der Waals surface area contributed by atoms with E-state index in [0.29, 0.717) is 12.4 Å². The second-order valence-corrected chi connectivity index (χ2v) is 5.55. The molecule has 17 heavy (non-hydrogen) atoms. The van der Waals surface area contributed by atoms with Crippen molar-refractivity contribution in [2.24, 2.45) is 0 Å². The maximum Gasteiger partial charge on any atom is 0.240 e. The van der Waals surface area contributed by atoms with E-state index in [2.05, 4.69) is 4.72 Å². The van der Waals surface area contributed by atoms with Gasteiger partial charge in [-0.25, -0.2) is 13.1 Å².